The first kappa shape index (κ1) is 10.8. The van der Waals surface area contributed by atoms with Gasteiger partial charge in [0.2, 0.25) is 0 Å². The largest absolute Gasteiger partial charge is 0.462 e. The second kappa shape index (κ2) is 3.82. The zero-order valence-electron chi connectivity index (χ0n) is 9.05. The summed E-state index contributed by atoms with van der Waals surface area (Å²) in [5.41, 5.74) is 1.12. The number of hydrogen-bond acceptors (Lipinski definition) is 3. The van der Waals surface area contributed by atoms with Crippen LogP contribution in [0.5, 0.6) is 0 Å². The van der Waals surface area contributed by atoms with E-state index < -0.39 is 0 Å². The maximum atomic E-state index is 11.5. The summed E-state index contributed by atoms with van der Waals surface area (Å²) in [6, 6.07) is 0. The van der Waals surface area contributed by atoms with E-state index in [-0.39, 0.29) is 11.4 Å². The molecule has 0 radical (unpaired) electrons. The zero-order chi connectivity index (χ0) is 10.8. The minimum Gasteiger partial charge on any atom is -0.462 e. The normalized spacial score (nSPS) is 11.4. The Labute approximate surface area is 83.7 Å². The van der Waals surface area contributed by atoms with Crippen LogP contribution in [0.15, 0.2) is 6.20 Å². The molecule has 0 saturated carbocycles. The van der Waals surface area contributed by atoms with Crippen molar-refractivity contribution in [3.05, 3.63) is 17.5 Å². The third-order valence-corrected chi connectivity index (χ3v) is 1.85. The molecule has 0 fully saturated rings. The van der Waals surface area contributed by atoms with Crippen molar-refractivity contribution in [2.45, 2.75) is 33.1 Å². The van der Waals surface area contributed by atoms with Crippen LogP contribution in [-0.2, 0) is 10.2 Å². The number of H-pyrrole nitrogens is 1. The second-order valence-corrected chi connectivity index (χ2v) is 4.12. The molecule has 0 bridgehead atoms. The first-order valence-electron chi connectivity index (χ1n) is 4.68. The molecule has 1 aromatic heterocycles. The van der Waals surface area contributed by atoms with Crippen molar-refractivity contribution < 1.29 is 9.53 Å². The summed E-state index contributed by atoms with van der Waals surface area (Å²) in [6.45, 7) is 8.19. The number of nitrogens with one attached hydrogen (secondary N) is 1. The molecule has 1 N–H and O–H groups in total. The first-order valence-corrected chi connectivity index (χ1v) is 4.68. The summed E-state index contributed by atoms with van der Waals surface area (Å²) >= 11 is 0. The molecule has 1 heterocycles. The molecule has 14 heavy (non-hydrogen) atoms. The van der Waals surface area contributed by atoms with Crippen LogP contribution in [-0.4, -0.2) is 22.8 Å². The van der Waals surface area contributed by atoms with Crippen LogP contribution in [0.2, 0.25) is 0 Å². The topological polar surface area (TPSA) is 55.0 Å². The lowest BCUT2D eigenvalue weighted by Gasteiger charge is -2.16. The van der Waals surface area contributed by atoms with Gasteiger partial charge < -0.3 is 4.74 Å². The fourth-order valence-electron chi connectivity index (χ4n) is 1.23. The Morgan fingerprint density at radius 3 is 2.71 bits per heavy atom. The van der Waals surface area contributed by atoms with Gasteiger partial charge in [0.1, 0.15) is 5.56 Å². The maximum Gasteiger partial charge on any atom is 0.341 e. The van der Waals surface area contributed by atoms with E-state index in [0.717, 1.165) is 5.69 Å². The highest BCUT2D eigenvalue weighted by atomic mass is 16.5. The van der Waals surface area contributed by atoms with Gasteiger partial charge in [-0.2, -0.15) is 5.10 Å². The third-order valence-electron chi connectivity index (χ3n) is 1.85. The molecule has 4 heteroatoms. The average Bonchev–Trinajstić information content (AvgIpc) is 2.50. The highest BCUT2D eigenvalue weighted by Crippen LogP contribution is 2.23. The number of aromatic amines is 1. The van der Waals surface area contributed by atoms with Crippen molar-refractivity contribution in [1.82, 2.24) is 10.2 Å². The number of rotatable bonds is 2. The van der Waals surface area contributed by atoms with E-state index in [4.69, 9.17) is 4.74 Å². The van der Waals surface area contributed by atoms with Gasteiger partial charge in [-0.3, -0.25) is 5.10 Å². The smallest absolute Gasteiger partial charge is 0.341 e. The number of ether oxygens (including phenoxy) is 1. The molecule has 1 rings (SSSR count). The van der Waals surface area contributed by atoms with Gasteiger partial charge in [0.25, 0.3) is 0 Å². The standard InChI is InChI=1S/C10H16N2O2/c1-5-14-9(13)7-6-11-12-8(7)10(2,3)4/h6H,5H2,1-4H3,(H,11,12). The Hall–Kier alpha value is -1.32. The van der Waals surface area contributed by atoms with Gasteiger partial charge in [-0.1, -0.05) is 20.8 Å². The molecule has 0 aromatic carbocycles. The lowest BCUT2D eigenvalue weighted by atomic mass is 9.90. The fourth-order valence-corrected chi connectivity index (χ4v) is 1.23. The van der Waals surface area contributed by atoms with E-state index in [9.17, 15) is 4.79 Å². The van der Waals surface area contributed by atoms with Crippen molar-refractivity contribution >= 4 is 5.97 Å². The summed E-state index contributed by atoms with van der Waals surface area (Å²) in [5, 5.41) is 6.76. The summed E-state index contributed by atoms with van der Waals surface area (Å²) in [5.74, 6) is -0.314. The first-order chi connectivity index (χ1) is 6.46. The molecule has 0 aliphatic heterocycles. The minimum atomic E-state index is -0.314. The lowest BCUT2D eigenvalue weighted by molar-refractivity contribution is 0.0523. The van der Waals surface area contributed by atoms with Crippen LogP contribution in [0.4, 0.5) is 0 Å². The number of nitrogens with zero attached hydrogens (tertiary/aromatic N) is 1. The highest BCUT2D eigenvalue weighted by Gasteiger charge is 2.25. The quantitative estimate of drug-likeness (QED) is 0.735. The molecule has 78 valence electrons. The molecular formula is C10H16N2O2. The summed E-state index contributed by atoms with van der Waals surface area (Å²) in [6.07, 6.45) is 1.58. The van der Waals surface area contributed by atoms with Crippen LogP contribution in [0, 0.1) is 0 Å². The van der Waals surface area contributed by atoms with E-state index in [0.29, 0.717) is 12.2 Å². The summed E-state index contributed by atoms with van der Waals surface area (Å²) in [4.78, 5) is 11.5. The Morgan fingerprint density at radius 2 is 2.21 bits per heavy atom. The SMILES string of the molecule is CCOC(=O)c1c[nH]nc1C(C)(C)C. The Bertz CT molecular complexity index is 323. The Kier molecular flexibility index (Phi) is 2.93. The average molecular weight is 196 g/mol. The predicted octanol–water partition coefficient (Wildman–Crippen LogP) is 1.88. The van der Waals surface area contributed by atoms with Crippen LogP contribution >= 0.6 is 0 Å². The Morgan fingerprint density at radius 1 is 1.57 bits per heavy atom. The number of carbonyl (C=O) groups excluding carboxylic acids is 1. The van der Waals surface area contributed by atoms with E-state index >= 15 is 0 Å². The number of carbonyl (C=O) groups is 1. The maximum absolute atomic E-state index is 11.5. The van der Waals surface area contributed by atoms with Gasteiger partial charge in [0.15, 0.2) is 0 Å². The molecule has 0 amide bonds. The number of esters is 1. The zero-order valence-corrected chi connectivity index (χ0v) is 9.05. The van der Waals surface area contributed by atoms with Crippen LogP contribution < -0.4 is 0 Å². The molecule has 0 aliphatic rings. The van der Waals surface area contributed by atoms with Gasteiger partial charge in [-0.05, 0) is 6.92 Å². The van der Waals surface area contributed by atoms with Crippen molar-refractivity contribution in [3.8, 4) is 0 Å². The van der Waals surface area contributed by atoms with E-state index in [2.05, 4.69) is 10.2 Å². The monoisotopic (exact) mass is 196 g/mol. The second-order valence-electron chi connectivity index (χ2n) is 4.12. The fraction of sp³-hybridized carbons (Fsp3) is 0.600. The van der Waals surface area contributed by atoms with Crippen LogP contribution in [0.3, 0.4) is 0 Å². The van der Waals surface area contributed by atoms with Crippen molar-refractivity contribution in [3.63, 3.8) is 0 Å². The van der Waals surface area contributed by atoms with E-state index in [1.54, 1.807) is 13.1 Å². The van der Waals surface area contributed by atoms with Crippen LogP contribution in [0.25, 0.3) is 0 Å². The summed E-state index contributed by atoms with van der Waals surface area (Å²) < 4.78 is 4.92. The van der Waals surface area contributed by atoms with Gasteiger partial charge in [0.05, 0.1) is 12.3 Å². The molecule has 0 saturated heterocycles. The molecule has 0 atom stereocenters. The molecule has 1 aromatic rings. The molecule has 4 nitrogen and oxygen atoms in total. The Balaban J connectivity index is 2.99. The van der Waals surface area contributed by atoms with E-state index in [1.807, 2.05) is 20.8 Å². The van der Waals surface area contributed by atoms with Crippen LogP contribution in [0.1, 0.15) is 43.7 Å². The molecular weight excluding hydrogens is 180 g/mol. The number of hydrogen-bond donors (Lipinski definition) is 1. The predicted molar refractivity (Wildman–Crippen MR) is 53.2 cm³/mol. The molecule has 0 unspecified atom stereocenters. The lowest BCUT2D eigenvalue weighted by Crippen LogP contribution is -2.17. The molecule has 0 spiro atoms. The van der Waals surface area contributed by atoms with Crippen molar-refractivity contribution in [1.29, 1.82) is 0 Å². The van der Waals surface area contributed by atoms with E-state index in [1.165, 1.54) is 0 Å². The van der Waals surface area contributed by atoms with Gasteiger partial charge in [-0.25, -0.2) is 4.79 Å². The van der Waals surface area contributed by atoms with Crippen molar-refractivity contribution in [2.24, 2.45) is 0 Å². The highest BCUT2D eigenvalue weighted by molar-refractivity contribution is 5.90. The van der Waals surface area contributed by atoms with Gasteiger partial charge >= 0.3 is 5.97 Å². The summed E-state index contributed by atoms with van der Waals surface area (Å²) in [7, 11) is 0. The van der Waals surface area contributed by atoms with Gasteiger partial charge in [0, 0.05) is 11.6 Å². The third kappa shape index (κ3) is 2.13. The molecule has 0 aliphatic carbocycles. The van der Waals surface area contributed by atoms with Gasteiger partial charge in [-0.15, -0.1) is 0 Å². The van der Waals surface area contributed by atoms with Crippen molar-refractivity contribution in [2.75, 3.05) is 6.61 Å². The number of aromatic nitrogens is 2. The minimum absolute atomic E-state index is 0.151.